The second kappa shape index (κ2) is 6.49. The van der Waals surface area contributed by atoms with Crippen molar-refractivity contribution in [2.75, 3.05) is 12.4 Å². The zero-order valence-electron chi connectivity index (χ0n) is 10.7. The molecule has 0 fully saturated rings. The van der Waals surface area contributed by atoms with Crippen LogP contribution in [0.15, 0.2) is 59.8 Å². The standard InChI is InChI=1S/C14H15NO4S/c16-12(10-19-13-6-2-1-3-7-13)11-20(17,18)14-8-4-5-9-15-14/h1-9,12,16H,10-11H2/t12-/m1/s1. The lowest BCUT2D eigenvalue weighted by Crippen LogP contribution is -2.27. The Kier molecular flexibility index (Phi) is 4.70. The van der Waals surface area contributed by atoms with Crippen molar-refractivity contribution in [3.63, 3.8) is 0 Å². The number of ether oxygens (including phenoxy) is 1. The number of nitrogens with zero attached hydrogens (tertiary/aromatic N) is 1. The zero-order chi connectivity index (χ0) is 14.4. The van der Waals surface area contributed by atoms with Gasteiger partial charge in [0.15, 0.2) is 14.9 Å². The second-order valence-electron chi connectivity index (χ2n) is 4.23. The predicted molar refractivity (Wildman–Crippen MR) is 74.2 cm³/mol. The highest BCUT2D eigenvalue weighted by Crippen LogP contribution is 2.11. The Morgan fingerprint density at radius 1 is 1.10 bits per heavy atom. The molecule has 1 heterocycles. The van der Waals surface area contributed by atoms with Gasteiger partial charge in [0.25, 0.3) is 0 Å². The summed E-state index contributed by atoms with van der Waals surface area (Å²) in [7, 11) is -3.61. The minimum Gasteiger partial charge on any atom is -0.491 e. The first kappa shape index (κ1) is 14.5. The molecule has 0 amide bonds. The maximum Gasteiger partial charge on any atom is 0.198 e. The number of aliphatic hydroxyl groups excluding tert-OH is 1. The van der Waals surface area contributed by atoms with Crippen LogP contribution in [0.4, 0.5) is 0 Å². The fourth-order valence-corrected chi connectivity index (χ4v) is 2.91. The number of benzene rings is 1. The van der Waals surface area contributed by atoms with Crippen LogP contribution in [-0.2, 0) is 9.84 Å². The van der Waals surface area contributed by atoms with Gasteiger partial charge in [-0.25, -0.2) is 13.4 Å². The number of aromatic nitrogens is 1. The van der Waals surface area contributed by atoms with Gasteiger partial charge in [-0.15, -0.1) is 0 Å². The van der Waals surface area contributed by atoms with Gasteiger partial charge in [0.2, 0.25) is 0 Å². The van der Waals surface area contributed by atoms with Gasteiger partial charge in [-0.3, -0.25) is 0 Å². The van der Waals surface area contributed by atoms with E-state index in [1.807, 2.05) is 6.07 Å². The van der Waals surface area contributed by atoms with Crippen molar-refractivity contribution in [1.82, 2.24) is 4.98 Å². The lowest BCUT2D eigenvalue weighted by molar-refractivity contribution is 0.125. The average Bonchev–Trinajstić information content (AvgIpc) is 2.47. The highest BCUT2D eigenvalue weighted by Gasteiger charge is 2.21. The molecule has 20 heavy (non-hydrogen) atoms. The smallest absolute Gasteiger partial charge is 0.198 e. The molecule has 5 nitrogen and oxygen atoms in total. The molecule has 1 N–H and O–H groups in total. The van der Waals surface area contributed by atoms with Crippen molar-refractivity contribution < 1.29 is 18.3 Å². The number of sulfone groups is 1. The highest BCUT2D eigenvalue weighted by molar-refractivity contribution is 7.91. The Morgan fingerprint density at radius 2 is 1.80 bits per heavy atom. The van der Waals surface area contributed by atoms with Crippen molar-refractivity contribution in [2.24, 2.45) is 0 Å². The van der Waals surface area contributed by atoms with Gasteiger partial charge in [-0.05, 0) is 24.3 Å². The highest BCUT2D eigenvalue weighted by atomic mass is 32.2. The van der Waals surface area contributed by atoms with E-state index in [2.05, 4.69) is 4.98 Å². The van der Waals surface area contributed by atoms with Gasteiger partial charge in [-0.1, -0.05) is 24.3 Å². The van der Waals surface area contributed by atoms with Crippen molar-refractivity contribution in [3.8, 4) is 5.75 Å². The van der Waals surface area contributed by atoms with Crippen LogP contribution in [0.5, 0.6) is 5.75 Å². The van der Waals surface area contributed by atoms with Crippen LogP contribution in [0.25, 0.3) is 0 Å². The molecule has 0 spiro atoms. The summed E-state index contributed by atoms with van der Waals surface area (Å²) in [4.78, 5) is 3.78. The fourth-order valence-electron chi connectivity index (χ4n) is 1.63. The molecule has 0 aliphatic rings. The molecule has 0 saturated carbocycles. The quantitative estimate of drug-likeness (QED) is 0.868. The monoisotopic (exact) mass is 293 g/mol. The van der Waals surface area contributed by atoms with Crippen molar-refractivity contribution in [1.29, 1.82) is 0 Å². The summed E-state index contributed by atoms with van der Waals surface area (Å²) in [5.41, 5.74) is 0. The van der Waals surface area contributed by atoms with Gasteiger partial charge in [0.05, 0.1) is 5.75 Å². The number of para-hydroxylation sites is 1. The SMILES string of the molecule is O=S(=O)(C[C@H](O)COc1ccccc1)c1ccccn1. The third kappa shape index (κ3) is 4.04. The fraction of sp³-hybridized carbons (Fsp3) is 0.214. The van der Waals surface area contributed by atoms with Gasteiger partial charge >= 0.3 is 0 Å². The maximum absolute atomic E-state index is 12.0. The van der Waals surface area contributed by atoms with E-state index in [0.29, 0.717) is 5.75 Å². The van der Waals surface area contributed by atoms with Gasteiger partial charge in [-0.2, -0.15) is 0 Å². The first-order valence-electron chi connectivity index (χ1n) is 6.07. The van der Waals surface area contributed by atoms with Crippen LogP contribution >= 0.6 is 0 Å². The van der Waals surface area contributed by atoms with Gasteiger partial charge < -0.3 is 9.84 Å². The molecule has 0 aliphatic carbocycles. The molecule has 106 valence electrons. The van der Waals surface area contributed by atoms with E-state index in [1.165, 1.54) is 12.3 Å². The molecular formula is C14H15NO4S. The Hall–Kier alpha value is -1.92. The molecule has 6 heteroatoms. The van der Waals surface area contributed by atoms with Crippen LogP contribution in [0.3, 0.4) is 0 Å². The second-order valence-corrected chi connectivity index (χ2v) is 6.21. The molecule has 0 unspecified atom stereocenters. The van der Waals surface area contributed by atoms with E-state index in [4.69, 9.17) is 4.74 Å². The van der Waals surface area contributed by atoms with E-state index in [9.17, 15) is 13.5 Å². The summed E-state index contributed by atoms with van der Waals surface area (Å²) in [5, 5.41) is 9.73. The molecule has 1 atom stereocenters. The van der Waals surface area contributed by atoms with E-state index in [-0.39, 0.29) is 11.6 Å². The minimum absolute atomic E-state index is 0.0428. The van der Waals surface area contributed by atoms with Crippen LogP contribution in [0.1, 0.15) is 0 Å². The molecule has 2 rings (SSSR count). The normalized spacial score (nSPS) is 12.8. The third-order valence-corrected chi connectivity index (χ3v) is 4.26. The number of aliphatic hydroxyl groups is 1. The first-order chi connectivity index (χ1) is 9.58. The third-order valence-electron chi connectivity index (χ3n) is 2.55. The molecule has 1 aromatic heterocycles. The van der Waals surface area contributed by atoms with E-state index < -0.39 is 21.7 Å². The van der Waals surface area contributed by atoms with Gasteiger partial charge in [0, 0.05) is 6.20 Å². The van der Waals surface area contributed by atoms with Crippen molar-refractivity contribution in [2.45, 2.75) is 11.1 Å². The Morgan fingerprint density at radius 3 is 2.45 bits per heavy atom. The van der Waals surface area contributed by atoms with Crippen LogP contribution in [0.2, 0.25) is 0 Å². The molecule has 0 bridgehead atoms. The molecule has 2 aromatic rings. The van der Waals surface area contributed by atoms with E-state index in [1.54, 1.807) is 36.4 Å². The summed E-state index contributed by atoms with van der Waals surface area (Å²) < 4.78 is 29.3. The molecule has 1 aromatic carbocycles. The lowest BCUT2D eigenvalue weighted by atomic mass is 10.3. The molecule has 0 radical (unpaired) electrons. The van der Waals surface area contributed by atoms with E-state index in [0.717, 1.165) is 0 Å². The summed E-state index contributed by atoms with van der Waals surface area (Å²) in [6, 6.07) is 13.5. The molecule has 0 aliphatic heterocycles. The predicted octanol–water partition coefficient (Wildman–Crippen LogP) is 1.30. The van der Waals surface area contributed by atoms with Crippen LogP contribution in [0, 0.1) is 0 Å². The molecule has 0 saturated heterocycles. The Balaban J connectivity index is 1.93. The minimum atomic E-state index is -3.61. The Bertz CT molecular complexity index is 629. The topological polar surface area (TPSA) is 76.5 Å². The van der Waals surface area contributed by atoms with Crippen molar-refractivity contribution in [3.05, 3.63) is 54.7 Å². The first-order valence-corrected chi connectivity index (χ1v) is 7.73. The summed E-state index contributed by atoms with van der Waals surface area (Å²) >= 11 is 0. The lowest BCUT2D eigenvalue weighted by Gasteiger charge is -2.12. The van der Waals surface area contributed by atoms with E-state index >= 15 is 0 Å². The number of rotatable bonds is 6. The number of pyridine rings is 1. The van der Waals surface area contributed by atoms with Gasteiger partial charge in [0.1, 0.15) is 18.5 Å². The van der Waals surface area contributed by atoms with Crippen molar-refractivity contribution >= 4 is 9.84 Å². The number of hydrogen-bond donors (Lipinski definition) is 1. The summed E-state index contributed by atoms with van der Waals surface area (Å²) in [6.07, 6.45) is 0.293. The molecular weight excluding hydrogens is 278 g/mol. The summed E-state index contributed by atoms with van der Waals surface area (Å²) in [6.45, 7) is -0.0872. The number of hydrogen-bond acceptors (Lipinski definition) is 5. The zero-order valence-corrected chi connectivity index (χ0v) is 11.5. The maximum atomic E-state index is 12.0. The van der Waals surface area contributed by atoms with Crippen LogP contribution in [-0.4, -0.2) is 37.0 Å². The average molecular weight is 293 g/mol. The Labute approximate surface area is 117 Å². The largest absolute Gasteiger partial charge is 0.491 e. The van der Waals surface area contributed by atoms with Crippen LogP contribution < -0.4 is 4.74 Å². The summed E-state index contributed by atoms with van der Waals surface area (Å²) in [5.74, 6) is 0.165.